The van der Waals surface area contributed by atoms with E-state index in [-0.39, 0.29) is 6.03 Å². The summed E-state index contributed by atoms with van der Waals surface area (Å²) in [6.07, 6.45) is 3.36. The zero-order valence-corrected chi connectivity index (χ0v) is 15.5. The highest BCUT2D eigenvalue weighted by Crippen LogP contribution is 2.11. The van der Waals surface area contributed by atoms with Crippen LogP contribution in [0.1, 0.15) is 25.3 Å². The van der Waals surface area contributed by atoms with Crippen molar-refractivity contribution in [3.05, 3.63) is 35.9 Å². The number of nitrogens with zero attached hydrogens (tertiary/aromatic N) is 3. The van der Waals surface area contributed by atoms with Crippen LogP contribution in [0.2, 0.25) is 0 Å². The van der Waals surface area contributed by atoms with Gasteiger partial charge in [-0.3, -0.25) is 4.90 Å². The molecule has 0 bridgehead atoms. The number of carbonyl (C=O) groups excluding carboxylic acids is 1. The molecule has 1 atom stereocenters. The third-order valence-electron chi connectivity index (χ3n) is 5.36. The van der Waals surface area contributed by atoms with Crippen molar-refractivity contribution in [2.24, 2.45) is 0 Å². The summed E-state index contributed by atoms with van der Waals surface area (Å²) < 4.78 is 0. The van der Waals surface area contributed by atoms with Crippen molar-refractivity contribution in [3.8, 4) is 0 Å². The molecule has 2 aliphatic rings. The minimum absolute atomic E-state index is 0.131. The normalized spacial score (nSPS) is 22.3. The Morgan fingerprint density at radius 3 is 2.52 bits per heavy atom. The molecule has 138 valence electrons. The van der Waals surface area contributed by atoms with Crippen molar-refractivity contribution >= 4 is 6.03 Å². The Labute approximate surface area is 152 Å². The van der Waals surface area contributed by atoms with Gasteiger partial charge in [-0.2, -0.15) is 0 Å². The molecule has 5 nitrogen and oxygen atoms in total. The van der Waals surface area contributed by atoms with Gasteiger partial charge in [-0.1, -0.05) is 37.3 Å². The van der Waals surface area contributed by atoms with Gasteiger partial charge in [-0.25, -0.2) is 4.79 Å². The number of rotatable bonds is 6. The fourth-order valence-corrected chi connectivity index (χ4v) is 3.84. The monoisotopic (exact) mass is 344 g/mol. The van der Waals surface area contributed by atoms with E-state index in [2.05, 4.69) is 52.4 Å². The second-order valence-corrected chi connectivity index (χ2v) is 7.30. The predicted molar refractivity (Wildman–Crippen MR) is 102 cm³/mol. The van der Waals surface area contributed by atoms with Crippen molar-refractivity contribution < 1.29 is 4.79 Å². The lowest BCUT2D eigenvalue weighted by Gasteiger charge is -2.35. The molecular formula is C20H32N4O. The fraction of sp³-hybridized carbons (Fsp3) is 0.650. The predicted octanol–water partition coefficient (Wildman–Crippen LogP) is 2.04. The van der Waals surface area contributed by atoms with Gasteiger partial charge in [0.15, 0.2) is 0 Å². The third kappa shape index (κ3) is 5.44. The number of urea groups is 1. The summed E-state index contributed by atoms with van der Waals surface area (Å²) in [6.45, 7) is 10.2. The molecule has 0 aromatic heterocycles. The molecule has 0 radical (unpaired) electrons. The number of amides is 2. The molecule has 0 spiro atoms. The molecule has 1 aromatic rings. The molecule has 0 saturated carbocycles. The van der Waals surface area contributed by atoms with Crippen LogP contribution in [0.5, 0.6) is 0 Å². The van der Waals surface area contributed by atoms with Crippen LogP contribution in [-0.2, 0) is 6.42 Å². The van der Waals surface area contributed by atoms with E-state index in [1.165, 1.54) is 12.0 Å². The van der Waals surface area contributed by atoms with Crippen LogP contribution >= 0.6 is 0 Å². The van der Waals surface area contributed by atoms with Gasteiger partial charge in [0.2, 0.25) is 0 Å². The third-order valence-corrected chi connectivity index (χ3v) is 5.36. The van der Waals surface area contributed by atoms with Crippen molar-refractivity contribution in [2.75, 3.05) is 52.4 Å². The highest BCUT2D eigenvalue weighted by molar-refractivity contribution is 5.74. The highest BCUT2D eigenvalue weighted by atomic mass is 16.2. The van der Waals surface area contributed by atoms with Crippen molar-refractivity contribution in [1.82, 2.24) is 20.0 Å². The molecule has 2 saturated heterocycles. The smallest absolute Gasteiger partial charge is 0.317 e. The van der Waals surface area contributed by atoms with E-state index in [1.54, 1.807) is 0 Å². The minimum atomic E-state index is 0.131. The summed E-state index contributed by atoms with van der Waals surface area (Å²) in [5.41, 5.74) is 1.39. The van der Waals surface area contributed by atoms with Crippen LogP contribution < -0.4 is 5.32 Å². The molecule has 0 unspecified atom stereocenters. The van der Waals surface area contributed by atoms with Gasteiger partial charge in [0.05, 0.1) is 0 Å². The lowest BCUT2D eigenvalue weighted by molar-refractivity contribution is 0.138. The summed E-state index contributed by atoms with van der Waals surface area (Å²) in [6, 6.07) is 11.1. The van der Waals surface area contributed by atoms with Gasteiger partial charge in [-0.15, -0.1) is 0 Å². The molecule has 1 aromatic carbocycles. The van der Waals surface area contributed by atoms with Crippen LogP contribution in [0, 0.1) is 0 Å². The summed E-state index contributed by atoms with van der Waals surface area (Å²) >= 11 is 0. The Bertz CT molecular complexity index is 528. The fourth-order valence-electron chi connectivity index (χ4n) is 3.84. The number of nitrogens with one attached hydrogen (secondary N) is 1. The van der Waals surface area contributed by atoms with Crippen LogP contribution in [0.15, 0.2) is 30.3 Å². The zero-order chi connectivity index (χ0) is 17.5. The van der Waals surface area contributed by atoms with Gasteiger partial charge in [0, 0.05) is 51.9 Å². The first kappa shape index (κ1) is 18.2. The number of benzene rings is 1. The molecule has 2 aliphatic heterocycles. The average molecular weight is 345 g/mol. The van der Waals surface area contributed by atoms with Gasteiger partial charge in [-0.05, 0) is 31.4 Å². The molecule has 25 heavy (non-hydrogen) atoms. The second kappa shape index (κ2) is 9.20. The molecule has 2 amide bonds. The number of piperazine rings is 1. The quantitative estimate of drug-likeness (QED) is 0.858. The van der Waals surface area contributed by atoms with E-state index in [1.807, 2.05) is 4.90 Å². The maximum atomic E-state index is 12.5. The first-order valence-electron chi connectivity index (χ1n) is 9.78. The van der Waals surface area contributed by atoms with E-state index < -0.39 is 0 Å². The standard InChI is InChI=1S/C20H32N4O/c1-2-10-23-12-9-19(17-23)21-20(25)24-15-13-22(14-16-24)11-8-18-6-4-3-5-7-18/h3-7,19H,2,8-17H2,1H3,(H,21,25)/t19-/m0/s1. The second-order valence-electron chi connectivity index (χ2n) is 7.30. The van der Waals surface area contributed by atoms with E-state index >= 15 is 0 Å². The van der Waals surface area contributed by atoms with Crippen LogP contribution in [-0.4, -0.2) is 79.1 Å². The van der Waals surface area contributed by atoms with Gasteiger partial charge < -0.3 is 15.1 Å². The zero-order valence-electron chi connectivity index (χ0n) is 15.5. The van der Waals surface area contributed by atoms with Crippen LogP contribution in [0.3, 0.4) is 0 Å². The summed E-state index contributed by atoms with van der Waals surface area (Å²) in [5.74, 6) is 0. The SMILES string of the molecule is CCCN1CC[C@H](NC(=O)N2CCN(CCc3ccccc3)CC2)C1. The van der Waals surface area contributed by atoms with Gasteiger partial charge in [0.25, 0.3) is 0 Å². The molecule has 0 aliphatic carbocycles. The number of hydrogen-bond donors (Lipinski definition) is 1. The van der Waals surface area contributed by atoms with E-state index in [0.29, 0.717) is 6.04 Å². The number of carbonyl (C=O) groups is 1. The van der Waals surface area contributed by atoms with Crippen molar-refractivity contribution in [3.63, 3.8) is 0 Å². The van der Waals surface area contributed by atoms with Gasteiger partial charge >= 0.3 is 6.03 Å². The lowest BCUT2D eigenvalue weighted by atomic mass is 10.1. The Kier molecular flexibility index (Phi) is 6.70. The Hall–Kier alpha value is -1.59. The van der Waals surface area contributed by atoms with Gasteiger partial charge in [0.1, 0.15) is 0 Å². The Morgan fingerprint density at radius 2 is 1.80 bits per heavy atom. The largest absolute Gasteiger partial charge is 0.334 e. The average Bonchev–Trinajstić information content (AvgIpc) is 3.08. The number of hydrogen-bond acceptors (Lipinski definition) is 3. The maximum Gasteiger partial charge on any atom is 0.317 e. The minimum Gasteiger partial charge on any atom is -0.334 e. The Balaban J connectivity index is 1.35. The van der Waals surface area contributed by atoms with E-state index in [4.69, 9.17) is 0 Å². The topological polar surface area (TPSA) is 38.8 Å². The maximum absolute atomic E-state index is 12.5. The summed E-state index contributed by atoms with van der Waals surface area (Å²) in [7, 11) is 0. The van der Waals surface area contributed by atoms with Crippen LogP contribution in [0.4, 0.5) is 4.79 Å². The van der Waals surface area contributed by atoms with Crippen molar-refractivity contribution in [2.45, 2.75) is 32.2 Å². The van der Waals surface area contributed by atoms with E-state index in [9.17, 15) is 4.79 Å². The lowest BCUT2D eigenvalue weighted by Crippen LogP contribution is -2.54. The van der Waals surface area contributed by atoms with E-state index in [0.717, 1.165) is 65.2 Å². The molecule has 1 N–H and O–H groups in total. The first-order chi connectivity index (χ1) is 12.2. The van der Waals surface area contributed by atoms with Crippen LogP contribution in [0.25, 0.3) is 0 Å². The molecular weight excluding hydrogens is 312 g/mol. The van der Waals surface area contributed by atoms with Crippen molar-refractivity contribution in [1.29, 1.82) is 0 Å². The molecule has 5 heteroatoms. The first-order valence-corrected chi connectivity index (χ1v) is 9.78. The summed E-state index contributed by atoms with van der Waals surface area (Å²) in [5, 5.41) is 3.24. The molecule has 3 rings (SSSR count). The molecule has 2 fully saturated rings. The number of likely N-dealkylation sites (tertiary alicyclic amines) is 1. The molecule has 2 heterocycles. The summed E-state index contributed by atoms with van der Waals surface area (Å²) in [4.78, 5) is 19.4. The highest BCUT2D eigenvalue weighted by Gasteiger charge is 2.26. The Morgan fingerprint density at radius 1 is 1.04 bits per heavy atom.